The van der Waals surface area contributed by atoms with Crippen molar-refractivity contribution in [3.63, 3.8) is 0 Å². The topological polar surface area (TPSA) is 64.3 Å². The van der Waals surface area contributed by atoms with Crippen LogP contribution in [-0.2, 0) is 6.54 Å². The van der Waals surface area contributed by atoms with Gasteiger partial charge in [-0.1, -0.05) is 6.92 Å². The van der Waals surface area contributed by atoms with Crippen molar-refractivity contribution in [3.8, 4) is 6.01 Å². The molecule has 3 rings (SSSR count). The molecule has 0 N–H and O–H groups in total. The predicted octanol–water partition coefficient (Wildman–Crippen LogP) is 3.08. The van der Waals surface area contributed by atoms with Crippen LogP contribution in [0, 0.1) is 0 Å². The number of nitrogens with zero attached hydrogens (tertiary/aromatic N) is 4. The first-order chi connectivity index (χ1) is 10.3. The van der Waals surface area contributed by atoms with Crippen molar-refractivity contribution >= 4 is 17.5 Å². The highest BCUT2D eigenvalue weighted by Gasteiger charge is 2.32. The molecule has 7 heteroatoms. The zero-order valence-corrected chi connectivity index (χ0v) is 12.6. The zero-order chi connectivity index (χ0) is 14.7. The Morgan fingerprint density at radius 3 is 2.90 bits per heavy atom. The van der Waals surface area contributed by atoms with Gasteiger partial charge in [0.15, 0.2) is 0 Å². The molecule has 1 aliphatic carbocycles. The largest absolute Gasteiger partial charge is 0.467 e. The number of halogens is 1. The van der Waals surface area contributed by atoms with E-state index < -0.39 is 0 Å². The highest BCUT2D eigenvalue weighted by Crippen LogP contribution is 2.32. The van der Waals surface area contributed by atoms with Crippen LogP contribution in [0.1, 0.15) is 31.9 Å². The lowest BCUT2D eigenvalue weighted by molar-refractivity contribution is 0.291. The Hall–Kier alpha value is -1.82. The highest BCUT2D eigenvalue weighted by atomic mass is 35.5. The molecule has 2 aromatic rings. The van der Waals surface area contributed by atoms with Crippen LogP contribution in [0.3, 0.4) is 0 Å². The van der Waals surface area contributed by atoms with E-state index in [1.165, 1.54) is 0 Å². The van der Waals surface area contributed by atoms with E-state index in [0.29, 0.717) is 25.1 Å². The van der Waals surface area contributed by atoms with E-state index in [2.05, 4.69) is 19.9 Å². The Labute approximate surface area is 128 Å². The van der Waals surface area contributed by atoms with Gasteiger partial charge < -0.3 is 14.1 Å². The minimum absolute atomic E-state index is 0.149. The molecule has 21 heavy (non-hydrogen) atoms. The van der Waals surface area contributed by atoms with Gasteiger partial charge in [0.05, 0.1) is 19.4 Å². The second-order valence-corrected chi connectivity index (χ2v) is 5.31. The molecule has 1 saturated carbocycles. The molecular formula is C14H17ClN4O2. The van der Waals surface area contributed by atoms with Crippen molar-refractivity contribution in [2.75, 3.05) is 11.5 Å². The monoisotopic (exact) mass is 308 g/mol. The van der Waals surface area contributed by atoms with Gasteiger partial charge in [-0.15, -0.1) is 0 Å². The maximum atomic E-state index is 5.99. The first-order valence-corrected chi connectivity index (χ1v) is 7.47. The van der Waals surface area contributed by atoms with Crippen molar-refractivity contribution in [1.29, 1.82) is 0 Å². The molecule has 0 spiro atoms. The predicted molar refractivity (Wildman–Crippen MR) is 78.5 cm³/mol. The van der Waals surface area contributed by atoms with Crippen molar-refractivity contribution in [1.82, 2.24) is 15.0 Å². The third-order valence-corrected chi connectivity index (χ3v) is 3.33. The zero-order valence-electron chi connectivity index (χ0n) is 11.8. The number of ether oxygens (including phenoxy) is 1. The molecule has 0 saturated heterocycles. The van der Waals surface area contributed by atoms with E-state index in [0.717, 1.165) is 25.0 Å². The Morgan fingerprint density at radius 2 is 2.24 bits per heavy atom. The molecule has 0 aliphatic heterocycles. The standard InChI is InChI=1S/C14H17ClN4O2/c1-2-7-21-14-17-12(15)16-13(18-14)19(10-5-6-10)9-11-4-3-8-20-11/h3-4,8,10H,2,5-7,9H2,1H3. The van der Waals surface area contributed by atoms with Crippen molar-refractivity contribution < 1.29 is 9.15 Å². The van der Waals surface area contributed by atoms with Gasteiger partial charge in [-0.2, -0.15) is 15.0 Å². The Morgan fingerprint density at radius 1 is 1.38 bits per heavy atom. The third kappa shape index (κ3) is 3.64. The van der Waals surface area contributed by atoms with Crippen LogP contribution >= 0.6 is 11.6 Å². The number of hydrogen-bond acceptors (Lipinski definition) is 6. The van der Waals surface area contributed by atoms with E-state index in [9.17, 15) is 0 Å². The Balaban J connectivity index is 1.82. The third-order valence-electron chi connectivity index (χ3n) is 3.16. The maximum absolute atomic E-state index is 5.99. The molecular weight excluding hydrogens is 292 g/mol. The molecule has 0 radical (unpaired) electrons. The number of furan rings is 1. The maximum Gasteiger partial charge on any atom is 0.322 e. The molecule has 1 fully saturated rings. The van der Waals surface area contributed by atoms with E-state index in [4.69, 9.17) is 20.8 Å². The molecule has 2 heterocycles. The Bertz CT molecular complexity index is 587. The minimum atomic E-state index is 0.149. The smallest absolute Gasteiger partial charge is 0.322 e. The molecule has 1 aliphatic rings. The summed E-state index contributed by atoms with van der Waals surface area (Å²) >= 11 is 5.99. The van der Waals surface area contributed by atoms with Crippen LogP contribution < -0.4 is 9.64 Å². The quantitative estimate of drug-likeness (QED) is 0.783. The average molecular weight is 309 g/mol. The summed E-state index contributed by atoms with van der Waals surface area (Å²) in [5.74, 6) is 1.41. The first-order valence-electron chi connectivity index (χ1n) is 7.09. The second kappa shape index (κ2) is 6.30. The molecule has 0 aromatic carbocycles. The second-order valence-electron chi connectivity index (χ2n) is 4.97. The summed E-state index contributed by atoms with van der Waals surface area (Å²) in [5, 5.41) is 0.149. The molecule has 0 atom stereocenters. The minimum Gasteiger partial charge on any atom is -0.467 e. The summed E-state index contributed by atoms with van der Waals surface area (Å²) in [5.41, 5.74) is 0. The van der Waals surface area contributed by atoms with Crippen LogP contribution in [-0.4, -0.2) is 27.6 Å². The summed E-state index contributed by atoms with van der Waals surface area (Å²) in [6.45, 7) is 3.20. The SMILES string of the molecule is CCCOc1nc(Cl)nc(N(Cc2ccco2)C2CC2)n1. The lowest BCUT2D eigenvalue weighted by Crippen LogP contribution is -2.27. The fourth-order valence-corrected chi connectivity index (χ4v) is 2.18. The Kier molecular flexibility index (Phi) is 4.24. The molecule has 0 unspecified atom stereocenters. The fourth-order valence-electron chi connectivity index (χ4n) is 2.03. The van der Waals surface area contributed by atoms with E-state index in [-0.39, 0.29) is 11.3 Å². The van der Waals surface area contributed by atoms with Crippen molar-refractivity contribution in [2.45, 2.75) is 38.8 Å². The molecule has 6 nitrogen and oxygen atoms in total. The van der Waals surface area contributed by atoms with Gasteiger partial charge in [-0.25, -0.2) is 0 Å². The van der Waals surface area contributed by atoms with Gasteiger partial charge >= 0.3 is 6.01 Å². The highest BCUT2D eigenvalue weighted by molar-refractivity contribution is 6.28. The molecule has 0 bridgehead atoms. The fraction of sp³-hybridized carbons (Fsp3) is 0.500. The van der Waals surface area contributed by atoms with Crippen molar-refractivity contribution in [2.24, 2.45) is 0 Å². The molecule has 2 aromatic heterocycles. The summed E-state index contributed by atoms with van der Waals surface area (Å²) in [6, 6.07) is 4.51. The van der Waals surface area contributed by atoms with Crippen LogP contribution in [0.15, 0.2) is 22.8 Å². The number of rotatable bonds is 7. The van der Waals surface area contributed by atoms with E-state index in [1.54, 1.807) is 6.26 Å². The van der Waals surface area contributed by atoms with Crippen LogP contribution in [0.2, 0.25) is 5.28 Å². The summed E-state index contributed by atoms with van der Waals surface area (Å²) in [4.78, 5) is 14.7. The van der Waals surface area contributed by atoms with Gasteiger partial charge in [-0.3, -0.25) is 0 Å². The number of hydrogen-bond donors (Lipinski definition) is 0. The molecule has 112 valence electrons. The van der Waals surface area contributed by atoms with Crippen molar-refractivity contribution in [3.05, 3.63) is 29.4 Å². The number of anilines is 1. The van der Waals surface area contributed by atoms with Gasteiger partial charge in [0, 0.05) is 6.04 Å². The van der Waals surface area contributed by atoms with Gasteiger partial charge in [0.2, 0.25) is 11.2 Å². The average Bonchev–Trinajstić information content (AvgIpc) is 3.18. The van der Waals surface area contributed by atoms with Gasteiger partial charge in [0.25, 0.3) is 0 Å². The summed E-state index contributed by atoms with van der Waals surface area (Å²) in [6.07, 6.45) is 4.79. The summed E-state index contributed by atoms with van der Waals surface area (Å²) < 4.78 is 10.9. The molecule has 0 amide bonds. The van der Waals surface area contributed by atoms with E-state index in [1.807, 2.05) is 19.1 Å². The van der Waals surface area contributed by atoms with Crippen LogP contribution in [0.5, 0.6) is 6.01 Å². The van der Waals surface area contributed by atoms with Gasteiger partial charge in [-0.05, 0) is 43.0 Å². The summed E-state index contributed by atoms with van der Waals surface area (Å²) in [7, 11) is 0. The van der Waals surface area contributed by atoms with Crippen LogP contribution in [0.4, 0.5) is 5.95 Å². The van der Waals surface area contributed by atoms with Crippen LogP contribution in [0.25, 0.3) is 0 Å². The van der Waals surface area contributed by atoms with E-state index >= 15 is 0 Å². The first kappa shape index (κ1) is 14.1. The van der Waals surface area contributed by atoms with Gasteiger partial charge in [0.1, 0.15) is 5.76 Å². The lowest BCUT2D eigenvalue weighted by Gasteiger charge is -2.21. The lowest BCUT2D eigenvalue weighted by atomic mass is 10.4. The normalized spacial score (nSPS) is 14.2. The number of aromatic nitrogens is 3.